The zero-order valence-electron chi connectivity index (χ0n) is 10.7. The largest absolute Gasteiger partial charge is 0.478 e. The molecule has 21 heavy (non-hydrogen) atoms. The Kier molecular flexibility index (Phi) is 4.57. The van der Waals surface area contributed by atoms with Crippen molar-refractivity contribution >= 4 is 34.9 Å². The van der Waals surface area contributed by atoms with E-state index in [-0.39, 0.29) is 16.6 Å². The first-order valence-electron chi connectivity index (χ1n) is 5.92. The Morgan fingerprint density at radius 2 is 1.81 bits per heavy atom. The van der Waals surface area contributed by atoms with E-state index in [0.717, 1.165) is 0 Å². The summed E-state index contributed by atoms with van der Waals surface area (Å²) < 4.78 is 0. The summed E-state index contributed by atoms with van der Waals surface area (Å²) in [7, 11) is 0. The molecule has 0 spiro atoms. The van der Waals surface area contributed by atoms with Crippen molar-refractivity contribution in [1.29, 1.82) is 0 Å². The molecule has 2 aromatic rings. The maximum Gasteiger partial charge on any atom is 0.337 e. The van der Waals surface area contributed by atoms with Gasteiger partial charge in [0.2, 0.25) is 0 Å². The minimum absolute atomic E-state index is 0.0252. The predicted octanol–water partition coefficient (Wildman–Crippen LogP) is 1.91. The number of aromatic carboxylic acids is 1. The van der Waals surface area contributed by atoms with Crippen LogP contribution in [0.3, 0.4) is 0 Å². The highest BCUT2D eigenvalue weighted by Crippen LogP contribution is 2.08. The smallest absolute Gasteiger partial charge is 0.337 e. The molecular weight excluding hydrogens is 290 g/mol. The Labute approximate surface area is 125 Å². The van der Waals surface area contributed by atoms with E-state index in [1.165, 1.54) is 18.5 Å². The number of thiocarbonyl (C=S) groups is 1. The molecule has 3 N–H and O–H groups in total. The predicted molar refractivity (Wildman–Crippen MR) is 81.3 cm³/mol. The second-order valence-electron chi connectivity index (χ2n) is 4.04. The lowest BCUT2D eigenvalue weighted by molar-refractivity contribution is 0.0696. The molecule has 0 atom stereocenters. The number of hydrogen-bond acceptors (Lipinski definition) is 4. The molecule has 1 heterocycles. The van der Waals surface area contributed by atoms with E-state index in [1.807, 2.05) is 0 Å². The first-order valence-corrected chi connectivity index (χ1v) is 6.33. The Morgan fingerprint density at radius 1 is 1.10 bits per heavy atom. The Balaban J connectivity index is 2.00. The van der Waals surface area contributed by atoms with Gasteiger partial charge in [0.25, 0.3) is 5.91 Å². The van der Waals surface area contributed by atoms with Crippen LogP contribution in [0.25, 0.3) is 0 Å². The fourth-order valence-electron chi connectivity index (χ4n) is 1.55. The SMILES string of the molecule is O=C(O)c1cncc(NC(=S)NC(=O)c2ccccc2)c1. The van der Waals surface area contributed by atoms with Crippen LogP contribution in [-0.4, -0.2) is 27.1 Å². The molecule has 0 aliphatic carbocycles. The molecular formula is C14H11N3O3S. The molecule has 0 fully saturated rings. The maximum absolute atomic E-state index is 11.9. The average molecular weight is 301 g/mol. The molecule has 0 saturated carbocycles. The second kappa shape index (κ2) is 6.58. The molecule has 0 saturated heterocycles. The summed E-state index contributed by atoms with van der Waals surface area (Å²) in [6, 6.07) is 9.97. The van der Waals surface area contributed by atoms with Gasteiger partial charge >= 0.3 is 5.97 Å². The Morgan fingerprint density at radius 3 is 2.48 bits per heavy atom. The molecule has 0 aliphatic rings. The molecule has 6 nitrogen and oxygen atoms in total. The third-order valence-electron chi connectivity index (χ3n) is 2.51. The average Bonchev–Trinajstić information content (AvgIpc) is 2.48. The number of carboxylic acids is 1. The molecule has 0 bridgehead atoms. The van der Waals surface area contributed by atoms with Gasteiger partial charge in [-0.2, -0.15) is 0 Å². The minimum atomic E-state index is -1.09. The van der Waals surface area contributed by atoms with Gasteiger partial charge in [-0.25, -0.2) is 4.79 Å². The summed E-state index contributed by atoms with van der Waals surface area (Å²) in [6.45, 7) is 0. The third kappa shape index (κ3) is 4.08. The third-order valence-corrected chi connectivity index (χ3v) is 2.71. The molecule has 1 amide bonds. The number of nitrogens with one attached hydrogen (secondary N) is 2. The van der Waals surface area contributed by atoms with Crippen molar-refractivity contribution in [2.24, 2.45) is 0 Å². The summed E-state index contributed by atoms with van der Waals surface area (Å²) in [4.78, 5) is 26.5. The van der Waals surface area contributed by atoms with Gasteiger partial charge in [-0.1, -0.05) is 18.2 Å². The molecule has 0 aliphatic heterocycles. The van der Waals surface area contributed by atoms with Gasteiger partial charge in [0.05, 0.1) is 17.4 Å². The van der Waals surface area contributed by atoms with Crippen molar-refractivity contribution < 1.29 is 14.7 Å². The summed E-state index contributed by atoms with van der Waals surface area (Å²) in [5.74, 6) is -1.44. The molecule has 106 valence electrons. The number of amides is 1. The number of carboxylic acid groups (broad SMARTS) is 1. The Hall–Kier alpha value is -2.80. The number of benzene rings is 1. The van der Waals surface area contributed by atoms with Gasteiger partial charge in [0.15, 0.2) is 5.11 Å². The van der Waals surface area contributed by atoms with E-state index in [2.05, 4.69) is 15.6 Å². The van der Waals surface area contributed by atoms with Crippen molar-refractivity contribution in [1.82, 2.24) is 10.3 Å². The molecule has 0 radical (unpaired) electrons. The van der Waals surface area contributed by atoms with Crippen LogP contribution in [-0.2, 0) is 0 Å². The van der Waals surface area contributed by atoms with E-state index >= 15 is 0 Å². The normalized spacial score (nSPS) is 9.71. The standard InChI is InChI=1S/C14H11N3O3S/c18-12(9-4-2-1-3-5-9)17-14(21)16-11-6-10(13(19)20)7-15-8-11/h1-8H,(H,19,20)(H2,16,17,18,21). The number of hydrogen-bond donors (Lipinski definition) is 3. The van der Waals surface area contributed by atoms with E-state index < -0.39 is 5.97 Å². The van der Waals surface area contributed by atoms with Gasteiger partial charge < -0.3 is 10.4 Å². The van der Waals surface area contributed by atoms with Crippen LogP contribution >= 0.6 is 12.2 Å². The quantitative estimate of drug-likeness (QED) is 0.750. The van der Waals surface area contributed by atoms with Gasteiger partial charge in [-0.3, -0.25) is 15.1 Å². The fraction of sp³-hybridized carbons (Fsp3) is 0. The van der Waals surface area contributed by atoms with Crippen LogP contribution < -0.4 is 10.6 Å². The van der Waals surface area contributed by atoms with Gasteiger partial charge in [-0.15, -0.1) is 0 Å². The highest BCUT2D eigenvalue weighted by atomic mass is 32.1. The summed E-state index contributed by atoms with van der Waals surface area (Å²) in [5, 5.41) is 14.1. The molecule has 0 unspecified atom stereocenters. The number of rotatable bonds is 3. The zero-order chi connectivity index (χ0) is 15.2. The van der Waals surface area contributed by atoms with E-state index in [0.29, 0.717) is 11.3 Å². The van der Waals surface area contributed by atoms with E-state index in [1.54, 1.807) is 30.3 Å². The van der Waals surface area contributed by atoms with Crippen molar-refractivity contribution in [3.8, 4) is 0 Å². The molecule has 1 aromatic carbocycles. The number of carbonyl (C=O) groups is 2. The van der Waals surface area contributed by atoms with Crippen LogP contribution in [0.2, 0.25) is 0 Å². The second-order valence-corrected chi connectivity index (χ2v) is 4.45. The lowest BCUT2D eigenvalue weighted by Crippen LogP contribution is -2.34. The highest BCUT2D eigenvalue weighted by Gasteiger charge is 2.09. The van der Waals surface area contributed by atoms with Crippen LogP contribution in [0.1, 0.15) is 20.7 Å². The van der Waals surface area contributed by atoms with Crippen LogP contribution in [0.4, 0.5) is 5.69 Å². The molecule has 1 aromatic heterocycles. The first-order chi connectivity index (χ1) is 10.1. The minimum Gasteiger partial charge on any atom is -0.478 e. The topological polar surface area (TPSA) is 91.3 Å². The van der Waals surface area contributed by atoms with Gasteiger partial charge in [0, 0.05) is 11.8 Å². The van der Waals surface area contributed by atoms with Crippen molar-refractivity contribution in [3.05, 3.63) is 59.9 Å². The van der Waals surface area contributed by atoms with Crippen LogP contribution in [0.5, 0.6) is 0 Å². The van der Waals surface area contributed by atoms with Crippen molar-refractivity contribution in [2.75, 3.05) is 5.32 Å². The van der Waals surface area contributed by atoms with Crippen molar-refractivity contribution in [2.45, 2.75) is 0 Å². The maximum atomic E-state index is 11.9. The number of pyridine rings is 1. The lowest BCUT2D eigenvalue weighted by Gasteiger charge is -2.09. The van der Waals surface area contributed by atoms with Gasteiger partial charge in [-0.05, 0) is 30.4 Å². The van der Waals surface area contributed by atoms with Crippen molar-refractivity contribution in [3.63, 3.8) is 0 Å². The summed E-state index contributed by atoms with van der Waals surface area (Å²) in [5.41, 5.74) is 0.879. The van der Waals surface area contributed by atoms with E-state index in [9.17, 15) is 9.59 Å². The first kappa shape index (κ1) is 14.6. The summed E-state index contributed by atoms with van der Waals surface area (Å²) in [6.07, 6.45) is 2.63. The highest BCUT2D eigenvalue weighted by molar-refractivity contribution is 7.80. The number of aromatic nitrogens is 1. The monoisotopic (exact) mass is 301 g/mol. The number of nitrogens with zero attached hydrogens (tertiary/aromatic N) is 1. The molecule has 7 heteroatoms. The van der Waals surface area contributed by atoms with Crippen LogP contribution in [0.15, 0.2) is 48.8 Å². The van der Waals surface area contributed by atoms with Crippen LogP contribution in [0, 0.1) is 0 Å². The fourth-order valence-corrected chi connectivity index (χ4v) is 1.76. The number of carbonyl (C=O) groups excluding carboxylic acids is 1. The Bertz CT molecular complexity index is 689. The zero-order valence-corrected chi connectivity index (χ0v) is 11.6. The molecule has 2 rings (SSSR count). The van der Waals surface area contributed by atoms with Gasteiger partial charge in [0.1, 0.15) is 0 Å². The lowest BCUT2D eigenvalue weighted by atomic mass is 10.2. The summed E-state index contributed by atoms with van der Waals surface area (Å²) >= 11 is 5.00. The van der Waals surface area contributed by atoms with E-state index in [4.69, 9.17) is 17.3 Å². The number of anilines is 1.